The molecule has 0 amide bonds. The number of carboxylic acid groups (broad SMARTS) is 1. The number of morpholine rings is 1. The Labute approximate surface area is 146 Å². The van der Waals surface area contributed by atoms with Crippen LogP contribution in [0.1, 0.15) is 23.2 Å². The average molecular weight is 370 g/mol. The van der Waals surface area contributed by atoms with Gasteiger partial charge in [-0.15, -0.1) is 0 Å². The van der Waals surface area contributed by atoms with Crippen molar-refractivity contribution in [2.24, 2.45) is 0 Å². The molecule has 0 aromatic heterocycles. The summed E-state index contributed by atoms with van der Waals surface area (Å²) < 4.78 is 38.1. The minimum absolute atomic E-state index is 0.0260. The van der Waals surface area contributed by atoms with E-state index in [4.69, 9.17) is 9.47 Å². The Hall–Kier alpha value is -1.68. The molecule has 0 bridgehead atoms. The first-order valence-electron chi connectivity index (χ1n) is 8.29. The second-order valence-electron chi connectivity index (χ2n) is 6.07. The fraction of sp³-hybridized carbons (Fsp3) is 0.562. The van der Waals surface area contributed by atoms with Crippen LogP contribution >= 0.6 is 0 Å². The van der Waals surface area contributed by atoms with Crippen LogP contribution in [-0.2, 0) is 19.5 Å². The Morgan fingerprint density at radius 1 is 1.28 bits per heavy atom. The Kier molecular flexibility index (Phi) is 5.57. The van der Waals surface area contributed by atoms with Gasteiger partial charge in [0.05, 0.1) is 35.5 Å². The van der Waals surface area contributed by atoms with Crippen LogP contribution in [0.2, 0.25) is 0 Å². The molecule has 2 N–H and O–H groups in total. The van der Waals surface area contributed by atoms with E-state index in [9.17, 15) is 18.3 Å². The predicted molar refractivity (Wildman–Crippen MR) is 90.6 cm³/mol. The van der Waals surface area contributed by atoms with Crippen molar-refractivity contribution >= 4 is 21.7 Å². The van der Waals surface area contributed by atoms with Gasteiger partial charge < -0.3 is 19.5 Å². The number of sulfonamides is 1. The molecular formula is C16H22N2O6S. The van der Waals surface area contributed by atoms with E-state index >= 15 is 0 Å². The van der Waals surface area contributed by atoms with Crippen LogP contribution in [0.3, 0.4) is 0 Å². The smallest absolute Gasteiger partial charge is 0.337 e. The molecule has 0 spiro atoms. The average Bonchev–Trinajstić information content (AvgIpc) is 3.14. The van der Waals surface area contributed by atoms with Gasteiger partial charge in [0.25, 0.3) is 0 Å². The number of rotatable bonds is 6. The van der Waals surface area contributed by atoms with Gasteiger partial charge in [-0.05, 0) is 31.0 Å². The van der Waals surface area contributed by atoms with Gasteiger partial charge >= 0.3 is 5.97 Å². The van der Waals surface area contributed by atoms with E-state index < -0.39 is 16.0 Å². The first-order valence-corrected chi connectivity index (χ1v) is 9.77. The molecule has 1 aromatic carbocycles. The quantitative estimate of drug-likeness (QED) is 0.758. The molecule has 1 unspecified atom stereocenters. The highest BCUT2D eigenvalue weighted by molar-refractivity contribution is 7.89. The van der Waals surface area contributed by atoms with E-state index in [-0.39, 0.29) is 23.1 Å². The maximum absolute atomic E-state index is 12.5. The summed E-state index contributed by atoms with van der Waals surface area (Å²) >= 11 is 0. The number of aromatic carboxylic acids is 1. The van der Waals surface area contributed by atoms with Crippen LogP contribution in [0.4, 0.5) is 5.69 Å². The van der Waals surface area contributed by atoms with Gasteiger partial charge in [-0.3, -0.25) is 0 Å². The van der Waals surface area contributed by atoms with E-state index in [0.717, 1.165) is 12.8 Å². The van der Waals surface area contributed by atoms with E-state index in [1.807, 2.05) is 4.90 Å². The molecular weight excluding hydrogens is 348 g/mol. The Balaban J connectivity index is 1.81. The fourth-order valence-electron chi connectivity index (χ4n) is 3.02. The number of nitrogens with zero attached hydrogens (tertiary/aromatic N) is 1. The Morgan fingerprint density at radius 2 is 2.04 bits per heavy atom. The molecule has 2 heterocycles. The Bertz CT molecular complexity index is 724. The molecule has 0 saturated carbocycles. The minimum atomic E-state index is -3.79. The van der Waals surface area contributed by atoms with Crippen LogP contribution in [0.15, 0.2) is 23.1 Å². The zero-order valence-corrected chi connectivity index (χ0v) is 14.6. The van der Waals surface area contributed by atoms with Crippen LogP contribution < -0.4 is 9.62 Å². The lowest BCUT2D eigenvalue weighted by molar-refractivity contribution is 0.0696. The highest BCUT2D eigenvalue weighted by atomic mass is 32.2. The van der Waals surface area contributed by atoms with Gasteiger partial charge in [0.1, 0.15) is 0 Å². The number of hydrogen-bond acceptors (Lipinski definition) is 6. The summed E-state index contributed by atoms with van der Waals surface area (Å²) in [5.41, 5.74) is 0.482. The molecule has 2 aliphatic heterocycles. The van der Waals surface area contributed by atoms with Crippen molar-refractivity contribution in [2.45, 2.75) is 23.8 Å². The first kappa shape index (κ1) is 18.1. The number of benzene rings is 1. The van der Waals surface area contributed by atoms with Gasteiger partial charge in [0.2, 0.25) is 10.0 Å². The van der Waals surface area contributed by atoms with Crippen molar-refractivity contribution in [3.8, 4) is 0 Å². The summed E-state index contributed by atoms with van der Waals surface area (Å²) in [5.74, 6) is -1.15. The first-order chi connectivity index (χ1) is 12.0. The molecule has 25 heavy (non-hydrogen) atoms. The molecule has 9 heteroatoms. The normalized spacial score (nSPS) is 21.4. The monoisotopic (exact) mass is 370 g/mol. The third-order valence-electron chi connectivity index (χ3n) is 4.39. The highest BCUT2D eigenvalue weighted by Crippen LogP contribution is 2.25. The summed E-state index contributed by atoms with van der Waals surface area (Å²) in [6.07, 6.45) is 1.62. The van der Waals surface area contributed by atoms with Crippen LogP contribution in [0, 0.1) is 0 Å². The molecule has 138 valence electrons. The number of anilines is 1. The van der Waals surface area contributed by atoms with Crippen LogP contribution in [0.25, 0.3) is 0 Å². The molecule has 0 radical (unpaired) electrons. The van der Waals surface area contributed by atoms with Gasteiger partial charge in [0, 0.05) is 26.2 Å². The van der Waals surface area contributed by atoms with Crippen molar-refractivity contribution in [2.75, 3.05) is 44.4 Å². The van der Waals surface area contributed by atoms with Crippen molar-refractivity contribution < 1.29 is 27.8 Å². The zero-order valence-electron chi connectivity index (χ0n) is 13.8. The molecule has 2 aliphatic rings. The van der Waals surface area contributed by atoms with E-state index in [1.54, 1.807) is 6.07 Å². The van der Waals surface area contributed by atoms with Gasteiger partial charge in [-0.2, -0.15) is 0 Å². The number of carbonyl (C=O) groups is 1. The van der Waals surface area contributed by atoms with Gasteiger partial charge in [-0.1, -0.05) is 0 Å². The maximum Gasteiger partial charge on any atom is 0.337 e. The van der Waals surface area contributed by atoms with Crippen LogP contribution in [0.5, 0.6) is 0 Å². The molecule has 2 saturated heterocycles. The highest BCUT2D eigenvalue weighted by Gasteiger charge is 2.24. The van der Waals surface area contributed by atoms with E-state index in [2.05, 4.69) is 4.72 Å². The lowest BCUT2D eigenvalue weighted by Gasteiger charge is -2.30. The van der Waals surface area contributed by atoms with Crippen molar-refractivity contribution in [1.82, 2.24) is 4.72 Å². The second-order valence-corrected chi connectivity index (χ2v) is 7.84. The third-order valence-corrected chi connectivity index (χ3v) is 5.81. The van der Waals surface area contributed by atoms with Gasteiger partial charge in [0.15, 0.2) is 0 Å². The Morgan fingerprint density at radius 3 is 2.68 bits per heavy atom. The topological polar surface area (TPSA) is 105 Å². The largest absolute Gasteiger partial charge is 0.478 e. The number of nitrogens with one attached hydrogen (secondary N) is 1. The number of carboxylic acids is 1. The molecule has 0 aliphatic carbocycles. The molecule has 8 nitrogen and oxygen atoms in total. The fourth-order valence-corrected chi connectivity index (χ4v) is 4.12. The molecule has 1 aromatic rings. The summed E-state index contributed by atoms with van der Waals surface area (Å²) in [6.45, 7) is 3.01. The van der Waals surface area contributed by atoms with Crippen LogP contribution in [-0.4, -0.2) is 65.1 Å². The summed E-state index contributed by atoms with van der Waals surface area (Å²) in [6, 6.07) is 4.20. The summed E-state index contributed by atoms with van der Waals surface area (Å²) in [4.78, 5) is 13.5. The summed E-state index contributed by atoms with van der Waals surface area (Å²) in [7, 11) is -3.79. The SMILES string of the molecule is O=C(O)c1cc(S(=O)(=O)NCC2CCCO2)ccc1N1CCOCC1. The standard InChI is InChI=1S/C16H22N2O6S/c19-16(20)14-10-13(3-4-15(14)18-5-8-23-9-6-18)25(21,22)17-11-12-2-1-7-24-12/h3-4,10,12,17H,1-2,5-9,11H2,(H,19,20). The maximum atomic E-state index is 12.5. The summed E-state index contributed by atoms with van der Waals surface area (Å²) in [5, 5.41) is 9.50. The minimum Gasteiger partial charge on any atom is -0.478 e. The molecule has 1 atom stereocenters. The van der Waals surface area contributed by atoms with E-state index in [0.29, 0.717) is 38.6 Å². The van der Waals surface area contributed by atoms with E-state index in [1.165, 1.54) is 12.1 Å². The van der Waals surface area contributed by atoms with Crippen molar-refractivity contribution in [3.63, 3.8) is 0 Å². The lowest BCUT2D eigenvalue weighted by Crippen LogP contribution is -2.37. The number of ether oxygens (including phenoxy) is 2. The molecule has 2 fully saturated rings. The lowest BCUT2D eigenvalue weighted by atomic mass is 10.1. The number of hydrogen-bond donors (Lipinski definition) is 2. The molecule has 3 rings (SSSR count). The second kappa shape index (κ2) is 7.69. The van der Waals surface area contributed by atoms with Gasteiger partial charge in [-0.25, -0.2) is 17.9 Å². The predicted octanol–water partition coefficient (Wildman–Crippen LogP) is 0.679. The van der Waals surface area contributed by atoms with Crippen molar-refractivity contribution in [3.05, 3.63) is 23.8 Å². The third kappa shape index (κ3) is 4.30. The van der Waals surface area contributed by atoms with Crippen molar-refractivity contribution in [1.29, 1.82) is 0 Å². The zero-order chi connectivity index (χ0) is 17.9.